The topological polar surface area (TPSA) is 92.5 Å². The largest absolute Gasteiger partial charge is 0.354 e. The van der Waals surface area contributed by atoms with Crippen LogP contribution in [-0.2, 0) is 20.2 Å². The Morgan fingerprint density at radius 1 is 1.26 bits per heavy atom. The fourth-order valence-corrected chi connectivity index (χ4v) is 5.06. The van der Waals surface area contributed by atoms with Crippen molar-refractivity contribution >= 4 is 15.9 Å². The zero-order chi connectivity index (χ0) is 20.1. The smallest absolute Gasteiger partial charge is 0.243 e. The predicted molar refractivity (Wildman–Crippen MR) is 108 cm³/mol. The van der Waals surface area contributed by atoms with Gasteiger partial charge in [0.2, 0.25) is 15.9 Å². The number of nitrogens with zero attached hydrogens (tertiary/aromatic N) is 1. The summed E-state index contributed by atoms with van der Waals surface area (Å²) in [7, 11) is -3.58. The van der Waals surface area contributed by atoms with Crippen molar-refractivity contribution in [3.63, 3.8) is 0 Å². The van der Waals surface area contributed by atoms with E-state index in [9.17, 15) is 13.2 Å². The summed E-state index contributed by atoms with van der Waals surface area (Å²) in [6.07, 6.45) is 3.80. The molecule has 1 unspecified atom stereocenters. The van der Waals surface area contributed by atoms with Gasteiger partial charge in [0.15, 0.2) is 0 Å². The van der Waals surface area contributed by atoms with E-state index < -0.39 is 10.0 Å². The number of carbonyl (C=O) groups excluding carboxylic acids is 1. The lowest BCUT2D eigenvalue weighted by molar-refractivity contribution is -0.121. The van der Waals surface area contributed by atoms with Crippen molar-refractivity contribution in [2.45, 2.75) is 69.2 Å². The molecular formula is C20H33N3O3S. The van der Waals surface area contributed by atoms with Gasteiger partial charge in [-0.2, -0.15) is 4.31 Å². The Bertz CT molecular complexity index is 729. The Morgan fingerprint density at radius 3 is 2.52 bits per heavy atom. The first kappa shape index (κ1) is 21.9. The molecule has 152 valence electrons. The average molecular weight is 396 g/mol. The second-order valence-corrected chi connectivity index (χ2v) is 9.76. The van der Waals surface area contributed by atoms with Gasteiger partial charge >= 0.3 is 0 Å². The highest BCUT2D eigenvalue weighted by Gasteiger charge is 2.33. The average Bonchev–Trinajstić information content (AvgIpc) is 2.67. The molecule has 7 heteroatoms. The maximum Gasteiger partial charge on any atom is 0.243 e. The SMILES string of the molecule is CCC(C)(C)c1ccc(S(=O)(=O)N2CCCCC2CNC(=O)CCN)cc1. The fourth-order valence-electron chi connectivity index (χ4n) is 3.36. The molecule has 0 bridgehead atoms. The molecule has 0 aliphatic carbocycles. The van der Waals surface area contributed by atoms with Gasteiger partial charge < -0.3 is 11.1 Å². The van der Waals surface area contributed by atoms with E-state index in [1.807, 2.05) is 12.1 Å². The van der Waals surface area contributed by atoms with Gasteiger partial charge in [-0.1, -0.05) is 39.3 Å². The Morgan fingerprint density at radius 2 is 1.93 bits per heavy atom. The van der Waals surface area contributed by atoms with Crippen molar-refractivity contribution < 1.29 is 13.2 Å². The number of hydrogen-bond acceptors (Lipinski definition) is 4. The molecule has 0 saturated carbocycles. The third kappa shape index (κ3) is 5.30. The second-order valence-electron chi connectivity index (χ2n) is 7.87. The number of nitrogens with two attached hydrogens (primary N) is 1. The van der Waals surface area contributed by atoms with Crippen LogP contribution in [0.1, 0.15) is 58.4 Å². The first-order valence-corrected chi connectivity index (χ1v) is 11.3. The molecule has 0 aromatic heterocycles. The molecule has 1 fully saturated rings. The molecule has 6 nitrogen and oxygen atoms in total. The number of benzene rings is 1. The summed E-state index contributed by atoms with van der Waals surface area (Å²) in [6, 6.07) is 7.04. The standard InChI is InChI=1S/C20H33N3O3S/c1-4-20(2,3)16-8-10-18(11-9-16)27(25,26)23-14-6-5-7-17(23)15-22-19(24)12-13-21/h8-11,17H,4-7,12-15,21H2,1-3H3,(H,22,24). The summed E-state index contributed by atoms with van der Waals surface area (Å²) >= 11 is 0. The fraction of sp³-hybridized carbons (Fsp3) is 0.650. The zero-order valence-corrected chi connectivity index (χ0v) is 17.5. The molecule has 0 spiro atoms. The minimum absolute atomic E-state index is 0.0171. The monoisotopic (exact) mass is 395 g/mol. The minimum atomic E-state index is -3.58. The first-order chi connectivity index (χ1) is 12.7. The molecule has 1 amide bonds. The minimum Gasteiger partial charge on any atom is -0.354 e. The Hall–Kier alpha value is -1.44. The van der Waals surface area contributed by atoms with Crippen LogP contribution in [0, 0.1) is 0 Å². The number of carbonyl (C=O) groups is 1. The van der Waals surface area contributed by atoms with Crippen LogP contribution in [0.2, 0.25) is 0 Å². The van der Waals surface area contributed by atoms with Gasteiger partial charge in [0.25, 0.3) is 0 Å². The highest BCUT2D eigenvalue weighted by atomic mass is 32.2. The Balaban J connectivity index is 2.18. The summed E-state index contributed by atoms with van der Waals surface area (Å²) in [5, 5.41) is 2.82. The molecule has 1 aromatic rings. The molecule has 1 saturated heterocycles. The quantitative estimate of drug-likeness (QED) is 0.707. The molecule has 1 aliphatic rings. The van der Waals surface area contributed by atoms with Gasteiger partial charge in [0, 0.05) is 32.1 Å². The van der Waals surface area contributed by atoms with Crippen LogP contribution >= 0.6 is 0 Å². The predicted octanol–water partition coefficient (Wildman–Crippen LogP) is 2.38. The summed E-state index contributed by atoms with van der Waals surface area (Å²) in [5.74, 6) is -0.133. The number of nitrogens with one attached hydrogen (secondary N) is 1. The lowest BCUT2D eigenvalue weighted by Gasteiger charge is -2.35. The van der Waals surface area contributed by atoms with Crippen LogP contribution in [0.5, 0.6) is 0 Å². The van der Waals surface area contributed by atoms with Gasteiger partial charge in [-0.25, -0.2) is 8.42 Å². The van der Waals surface area contributed by atoms with Crippen molar-refractivity contribution in [2.75, 3.05) is 19.6 Å². The number of hydrogen-bond donors (Lipinski definition) is 2. The normalized spacial score (nSPS) is 19.0. The molecule has 1 aliphatic heterocycles. The van der Waals surface area contributed by atoms with Crippen molar-refractivity contribution in [1.82, 2.24) is 9.62 Å². The highest BCUT2D eigenvalue weighted by Crippen LogP contribution is 2.29. The van der Waals surface area contributed by atoms with E-state index in [4.69, 9.17) is 5.73 Å². The van der Waals surface area contributed by atoms with Crippen LogP contribution in [0.25, 0.3) is 0 Å². The van der Waals surface area contributed by atoms with Crippen molar-refractivity contribution in [1.29, 1.82) is 0 Å². The van der Waals surface area contributed by atoms with E-state index in [1.54, 1.807) is 16.4 Å². The highest BCUT2D eigenvalue weighted by molar-refractivity contribution is 7.89. The Kier molecular flexibility index (Phi) is 7.42. The van der Waals surface area contributed by atoms with Crippen molar-refractivity contribution in [3.8, 4) is 0 Å². The van der Waals surface area contributed by atoms with E-state index in [0.29, 0.717) is 24.5 Å². The molecule has 27 heavy (non-hydrogen) atoms. The van der Waals surface area contributed by atoms with Gasteiger partial charge in [-0.15, -0.1) is 0 Å². The van der Waals surface area contributed by atoms with Gasteiger partial charge in [-0.3, -0.25) is 4.79 Å². The van der Waals surface area contributed by atoms with Gasteiger partial charge in [0.05, 0.1) is 4.90 Å². The van der Waals surface area contributed by atoms with E-state index in [1.165, 1.54) is 0 Å². The zero-order valence-electron chi connectivity index (χ0n) is 16.7. The summed E-state index contributed by atoms with van der Waals surface area (Å²) < 4.78 is 27.9. The summed E-state index contributed by atoms with van der Waals surface area (Å²) in [5.41, 5.74) is 6.55. The lowest BCUT2D eigenvalue weighted by Crippen LogP contribution is -2.49. The number of piperidine rings is 1. The molecule has 3 N–H and O–H groups in total. The maximum absolute atomic E-state index is 13.2. The number of amides is 1. The lowest BCUT2D eigenvalue weighted by atomic mass is 9.82. The van der Waals surface area contributed by atoms with Crippen LogP contribution in [0.3, 0.4) is 0 Å². The maximum atomic E-state index is 13.2. The number of sulfonamides is 1. The van der Waals surface area contributed by atoms with Gasteiger partial charge in [-0.05, 0) is 42.4 Å². The number of rotatable bonds is 8. The Labute approximate surface area is 163 Å². The molecular weight excluding hydrogens is 362 g/mol. The van der Waals surface area contributed by atoms with Crippen LogP contribution in [0.4, 0.5) is 0 Å². The van der Waals surface area contributed by atoms with E-state index in [0.717, 1.165) is 31.2 Å². The molecule has 2 rings (SSSR count). The van der Waals surface area contributed by atoms with Gasteiger partial charge in [0.1, 0.15) is 0 Å². The molecule has 1 aromatic carbocycles. The molecule has 1 atom stereocenters. The van der Waals surface area contributed by atoms with E-state index in [-0.39, 0.29) is 23.8 Å². The van der Waals surface area contributed by atoms with Crippen LogP contribution in [0.15, 0.2) is 29.2 Å². The van der Waals surface area contributed by atoms with Crippen molar-refractivity contribution in [2.24, 2.45) is 5.73 Å². The summed E-state index contributed by atoms with van der Waals surface area (Å²) in [4.78, 5) is 12.0. The summed E-state index contributed by atoms with van der Waals surface area (Å²) in [6.45, 7) is 7.55. The van der Waals surface area contributed by atoms with Crippen LogP contribution in [-0.4, -0.2) is 44.3 Å². The molecule has 1 heterocycles. The molecule has 0 radical (unpaired) electrons. The van der Waals surface area contributed by atoms with E-state index >= 15 is 0 Å². The third-order valence-electron chi connectivity index (χ3n) is 5.61. The van der Waals surface area contributed by atoms with E-state index in [2.05, 4.69) is 26.1 Å². The second kappa shape index (κ2) is 9.17. The van der Waals surface area contributed by atoms with Crippen molar-refractivity contribution in [3.05, 3.63) is 29.8 Å². The van der Waals surface area contributed by atoms with Crippen LogP contribution < -0.4 is 11.1 Å². The first-order valence-electron chi connectivity index (χ1n) is 9.81. The third-order valence-corrected chi connectivity index (χ3v) is 7.57.